The first-order valence-electron chi connectivity index (χ1n) is 8.93. The van der Waals surface area contributed by atoms with E-state index in [0.29, 0.717) is 12.1 Å². The number of fused-ring (bicyclic) bond motifs is 1. The Labute approximate surface area is 158 Å². The van der Waals surface area contributed by atoms with Crippen LogP contribution in [-0.4, -0.2) is 79.8 Å². The molecular formula is C18H24N2O6S. The first-order valence-corrected chi connectivity index (χ1v) is 10.8. The summed E-state index contributed by atoms with van der Waals surface area (Å²) in [6.07, 6.45) is 3.55. The number of benzene rings is 1. The Kier molecular flexibility index (Phi) is 5.83. The number of carboxylic acids is 1. The van der Waals surface area contributed by atoms with Crippen molar-refractivity contribution in [2.24, 2.45) is 0 Å². The number of aliphatic carboxylic acids is 1. The predicted molar refractivity (Wildman–Crippen MR) is 98.2 cm³/mol. The zero-order chi connectivity index (χ0) is 19.6. The quantitative estimate of drug-likeness (QED) is 0.745. The van der Waals surface area contributed by atoms with Crippen molar-refractivity contribution in [1.29, 1.82) is 0 Å². The molecule has 1 heterocycles. The molecule has 0 bridgehead atoms. The van der Waals surface area contributed by atoms with Gasteiger partial charge in [0.05, 0.1) is 19.0 Å². The molecule has 1 amide bonds. The van der Waals surface area contributed by atoms with E-state index in [1.54, 1.807) is 4.90 Å². The average Bonchev–Trinajstić information content (AvgIpc) is 3.07. The number of morpholine rings is 1. The van der Waals surface area contributed by atoms with Crippen molar-refractivity contribution in [2.45, 2.75) is 25.4 Å². The zero-order valence-electron chi connectivity index (χ0n) is 15.3. The summed E-state index contributed by atoms with van der Waals surface area (Å²) in [5.74, 6) is -1.34. The maximum absolute atomic E-state index is 12.8. The fourth-order valence-corrected chi connectivity index (χ4v) is 4.38. The van der Waals surface area contributed by atoms with Gasteiger partial charge in [-0.25, -0.2) is 8.42 Å². The number of carbonyl (C=O) groups excluding carboxylic acids is 1. The lowest BCUT2D eigenvalue weighted by Crippen LogP contribution is -2.51. The van der Waals surface area contributed by atoms with Gasteiger partial charge in [0, 0.05) is 25.2 Å². The standard InChI is InChI=1S/C18H24N2O6S/c1-27(24,25)20(12-17(21)22)11-16-10-19(7-8-26-16)18(23)15-6-5-13-3-2-4-14(13)9-15/h5-6,9,16H,2-4,7-8,10-12H2,1H3,(H,21,22). The molecule has 0 spiro atoms. The number of sulfonamides is 1. The molecular weight excluding hydrogens is 372 g/mol. The van der Waals surface area contributed by atoms with Gasteiger partial charge < -0.3 is 14.7 Å². The fraction of sp³-hybridized carbons (Fsp3) is 0.556. The second-order valence-electron chi connectivity index (χ2n) is 7.03. The van der Waals surface area contributed by atoms with Gasteiger partial charge in [0.1, 0.15) is 6.54 Å². The van der Waals surface area contributed by atoms with E-state index >= 15 is 0 Å². The van der Waals surface area contributed by atoms with Gasteiger partial charge in [-0.3, -0.25) is 9.59 Å². The summed E-state index contributed by atoms with van der Waals surface area (Å²) in [7, 11) is -3.69. The van der Waals surface area contributed by atoms with Crippen LogP contribution in [0.5, 0.6) is 0 Å². The van der Waals surface area contributed by atoms with Gasteiger partial charge in [0.15, 0.2) is 0 Å². The topological polar surface area (TPSA) is 104 Å². The molecule has 3 rings (SSSR count). The molecule has 1 aromatic carbocycles. The molecule has 9 heteroatoms. The molecule has 1 N–H and O–H groups in total. The minimum Gasteiger partial charge on any atom is -0.480 e. The smallest absolute Gasteiger partial charge is 0.318 e. The summed E-state index contributed by atoms with van der Waals surface area (Å²) in [6, 6.07) is 5.79. The summed E-state index contributed by atoms with van der Waals surface area (Å²) < 4.78 is 30.1. The third-order valence-electron chi connectivity index (χ3n) is 4.96. The third-order valence-corrected chi connectivity index (χ3v) is 6.18. The Balaban J connectivity index is 1.68. The van der Waals surface area contributed by atoms with Crippen LogP contribution in [0.2, 0.25) is 0 Å². The van der Waals surface area contributed by atoms with Crippen LogP contribution in [0.3, 0.4) is 0 Å². The van der Waals surface area contributed by atoms with E-state index in [1.807, 2.05) is 18.2 Å². The number of ether oxygens (including phenoxy) is 1. The van der Waals surface area contributed by atoms with E-state index in [2.05, 4.69) is 0 Å². The molecule has 0 radical (unpaired) electrons. The Morgan fingerprint density at radius 1 is 1.30 bits per heavy atom. The first-order chi connectivity index (χ1) is 12.7. The molecule has 1 unspecified atom stereocenters. The van der Waals surface area contributed by atoms with Gasteiger partial charge in [0.2, 0.25) is 10.0 Å². The molecule has 148 valence electrons. The third kappa shape index (κ3) is 4.85. The van der Waals surface area contributed by atoms with Crippen LogP contribution >= 0.6 is 0 Å². The molecule has 1 saturated heterocycles. The van der Waals surface area contributed by atoms with E-state index in [9.17, 15) is 18.0 Å². The molecule has 1 atom stereocenters. The number of amides is 1. The summed E-state index contributed by atoms with van der Waals surface area (Å²) >= 11 is 0. The lowest BCUT2D eigenvalue weighted by Gasteiger charge is -2.35. The monoisotopic (exact) mass is 396 g/mol. The summed E-state index contributed by atoms with van der Waals surface area (Å²) in [6.45, 7) is 0.203. The predicted octanol–water partition coefficient (Wildman–Crippen LogP) is 0.363. The Hall–Kier alpha value is -1.97. The molecule has 8 nitrogen and oxygen atoms in total. The van der Waals surface area contributed by atoms with Crippen molar-refractivity contribution in [1.82, 2.24) is 9.21 Å². The molecule has 27 heavy (non-hydrogen) atoms. The van der Waals surface area contributed by atoms with Crippen molar-refractivity contribution >= 4 is 21.9 Å². The molecule has 0 saturated carbocycles. The molecule has 1 fully saturated rings. The van der Waals surface area contributed by atoms with E-state index in [1.165, 1.54) is 11.1 Å². The number of rotatable bonds is 6. The highest BCUT2D eigenvalue weighted by molar-refractivity contribution is 7.88. The van der Waals surface area contributed by atoms with Gasteiger partial charge in [-0.05, 0) is 42.5 Å². The average molecular weight is 396 g/mol. The number of hydrogen-bond donors (Lipinski definition) is 1. The normalized spacial score (nSPS) is 19.9. The number of aryl methyl sites for hydroxylation is 2. The van der Waals surface area contributed by atoms with Crippen molar-refractivity contribution < 1.29 is 27.9 Å². The van der Waals surface area contributed by atoms with Crippen LogP contribution < -0.4 is 0 Å². The molecule has 1 aliphatic heterocycles. The van der Waals surface area contributed by atoms with Gasteiger partial charge in [-0.2, -0.15) is 4.31 Å². The number of nitrogens with zero attached hydrogens (tertiary/aromatic N) is 2. The number of hydrogen-bond acceptors (Lipinski definition) is 5. The van der Waals surface area contributed by atoms with E-state index in [0.717, 1.165) is 29.8 Å². The van der Waals surface area contributed by atoms with Gasteiger partial charge in [0.25, 0.3) is 5.91 Å². The molecule has 1 aliphatic carbocycles. The van der Waals surface area contributed by atoms with E-state index in [4.69, 9.17) is 9.84 Å². The maximum atomic E-state index is 12.8. The molecule has 2 aliphatic rings. The second kappa shape index (κ2) is 7.95. The lowest BCUT2D eigenvalue weighted by atomic mass is 10.1. The SMILES string of the molecule is CS(=O)(=O)N(CC(=O)O)CC1CN(C(=O)c2ccc3c(c2)CCC3)CCO1. The second-order valence-corrected chi connectivity index (χ2v) is 9.01. The Morgan fingerprint density at radius 2 is 2.04 bits per heavy atom. The van der Waals surface area contributed by atoms with E-state index in [-0.39, 0.29) is 25.6 Å². The summed E-state index contributed by atoms with van der Waals surface area (Å²) in [5.41, 5.74) is 3.14. The van der Waals surface area contributed by atoms with Gasteiger partial charge in [-0.15, -0.1) is 0 Å². The van der Waals surface area contributed by atoms with Crippen LogP contribution in [-0.2, 0) is 32.4 Å². The van der Waals surface area contributed by atoms with Crippen LogP contribution in [0.1, 0.15) is 27.9 Å². The van der Waals surface area contributed by atoms with Crippen LogP contribution in [0.25, 0.3) is 0 Å². The maximum Gasteiger partial charge on any atom is 0.318 e. The number of carboxylic acid groups (broad SMARTS) is 1. The number of carbonyl (C=O) groups is 2. The largest absolute Gasteiger partial charge is 0.480 e. The first kappa shape index (κ1) is 19.8. The lowest BCUT2D eigenvalue weighted by molar-refractivity contribution is -0.137. The summed E-state index contributed by atoms with van der Waals surface area (Å²) in [4.78, 5) is 25.4. The van der Waals surface area contributed by atoms with Crippen molar-refractivity contribution in [2.75, 3.05) is 39.0 Å². The fourth-order valence-electron chi connectivity index (χ4n) is 3.60. The van der Waals surface area contributed by atoms with Crippen molar-refractivity contribution in [3.8, 4) is 0 Å². The van der Waals surface area contributed by atoms with Crippen LogP contribution in [0.15, 0.2) is 18.2 Å². The summed E-state index contributed by atoms with van der Waals surface area (Å²) in [5, 5.41) is 8.93. The van der Waals surface area contributed by atoms with Crippen LogP contribution in [0, 0.1) is 0 Å². The highest BCUT2D eigenvalue weighted by Gasteiger charge is 2.30. The van der Waals surface area contributed by atoms with Gasteiger partial charge in [-0.1, -0.05) is 6.07 Å². The van der Waals surface area contributed by atoms with Crippen molar-refractivity contribution in [3.05, 3.63) is 34.9 Å². The zero-order valence-corrected chi connectivity index (χ0v) is 16.1. The van der Waals surface area contributed by atoms with Gasteiger partial charge >= 0.3 is 5.97 Å². The highest BCUT2D eigenvalue weighted by atomic mass is 32.2. The Morgan fingerprint density at radius 3 is 2.74 bits per heavy atom. The highest BCUT2D eigenvalue weighted by Crippen LogP contribution is 2.24. The van der Waals surface area contributed by atoms with Crippen LogP contribution in [0.4, 0.5) is 0 Å². The minimum atomic E-state index is -3.69. The Bertz CT molecular complexity index is 838. The van der Waals surface area contributed by atoms with E-state index < -0.39 is 28.6 Å². The molecule has 1 aromatic rings. The molecule has 0 aromatic heterocycles. The minimum absolute atomic E-state index is 0.0981. The van der Waals surface area contributed by atoms with Crippen molar-refractivity contribution in [3.63, 3.8) is 0 Å².